The summed E-state index contributed by atoms with van der Waals surface area (Å²) in [6.07, 6.45) is 0. The van der Waals surface area contributed by atoms with Crippen LogP contribution in [0.5, 0.6) is 0 Å². The van der Waals surface area contributed by atoms with Crippen LogP contribution in [-0.4, -0.2) is 16.2 Å². The molecule has 0 fully saturated rings. The summed E-state index contributed by atoms with van der Waals surface area (Å²) < 4.78 is 4.77. The van der Waals surface area contributed by atoms with Crippen LogP contribution in [-0.2, 0) is 15.8 Å². The summed E-state index contributed by atoms with van der Waals surface area (Å²) in [5.41, 5.74) is 1.31. The lowest BCUT2D eigenvalue weighted by atomic mass is 9.84. The van der Waals surface area contributed by atoms with E-state index in [-0.39, 0.29) is 5.41 Å². The molecule has 0 aliphatic rings. The molecule has 2 N–H and O–H groups in total. The lowest BCUT2D eigenvalue weighted by Crippen LogP contribution is -2.39. The molecule has 1 amide bonds. The van der Waals surface area contributed by atoms with Crippen molar-refractivity contribution in [1.29, 1.82) is 0 Å². The van der Waals surface area contributed by atoms with E-state index in [9.17, 15) is 14.7 Å². The van der Waals surface area contributed by atoms with Gasteiger partial charge in [0.25, 0.3) is 5.91 Å². The minimum Gasteiger partial charge on any atom is -0.366 e. The van der Waals surface area contributed by atoms with Gasteiger partial charge >= 0.3 is 5.63 Å². The summed E-state index contributed by atoms with van der Waals surface area (Å²) in [4.78, 5) is 25.5. The smallest absolute Gasteiger partial charge is 0.366 e. The Morgan fingerprint density at radius 1 is 0.917 bits per heavy atom. The number of amides is 1. The van der Waals surface area contributed by atoms with Gasteiger partial charge in [-0.15, -0.1) is 0 Å². The molecule has 4 rings (SSSR count). The molecule has 182 valence electrons. The van der Waals surface area contributed by atoms with Crippen molar-refractivity contribution in [2.45, 2.75) is 45.6 Å². The van der Waals surface area contributed by atoms with Gasteiger partial charge in [0, 0.05) is 22.2 Å². The number of nitrogens with zero attached hydrogens (tertiary/aromatic N) is 1. The lowest BCUT2D eigenvalue weighted by molar-refractivity contribution is -0.129. The maximum Gasteiger partial charge on any atom is 0.366 e. The van der Waals surface area contributed by atoms with Gasteiger partial charge in [0.1, 0.15) is 0 Å². The third-order valence-corrected chi connectivity index (χ3v) is 6.09. The molecule has 4 aromatic rings. The highest BCUT2D eigenvalue weighted by atomic mass is 16.5. The topological polar surface area (TPSA) is 92.4 Å². The van der Waals surface area contributed by atoms with Crippen molar-refractivity contribution in [3.63, 3.8) is 0 Å². The van der Waals surface area contributed by atoms with Crippen LogP contribution in [0.4, 0.5) is 5.69 Å². The molecule has 0 radical (unpaired) electrons. The lowest BCUT2D eigenvalue weighted by Gasteiger charge is -2.24. The van der Waals surface area contributed by atoms with E-state index in [1.165, 1.54) is 0 Å². The molecule has 1 heterocycles. The van der Waals surface area contributed by atoms with Gasteiger partial charge in [-0.05, 0) is 61.1 Å². The summed E-state index contributed by atoms with van der Waals surface area (Å²) in [5, 5.41) is 19.1. The summed E-state index contributed by atoms with van der Waals surface area (Å²) in [6.45, 7) is 9.96. The molecule has 1 unspecified atom stereocenters. The number of nitrogens with one attached hydrogen (secondary N) is 1. The second-order valence-corrected chi connectivity index (χ2v) is 9.92. The fourth-order valence-electron chi connectivity index (χ4n) is 3.80. The quantitative estimate of drug-likeness (QED) is 0.404. The Morgan fingerprint density at radius 3 is 2.19 bits per heavy atom. The van der Waals surface area contributed by atoms with E-state index < -0.39 is 17.1 Å². The molecule has 6 heteroatoms. The van der Waals surface area contributed by atoms with Crippen LogP contribution in [0.25, 0.3) is 10.8 Å². The first kappa shape index (κ1) is 24.9. The average Bonchev–Trinajstić information content (AvgIpc) is 2.85. The molecule has 0 bridgehead atoms. The third kappa shape index (κ3) is 5.07. The molecule has 0 aliphatic carbocycles. The van der Waals surface area contributed by atoms with Gasteiger partial charge in [-0.25, -0.2) is 4.79 Å². The molecule has 0 aliphatic heterocycles. The Hall–Kier alpha value is -4.21. The van der Waals surface area contributed by atoms with E-state index in [2.05, 4.69) is 43.1 Å². The van der Waals surface area contributed by atoms with E-state index in [4.69, 9.17) is 4.52 Å². The third-order valence-electron chi connectivity index (χ3n) is 6.09. The van der Waals surface area contributed by atoms with Crippen molar-refractivity contribution in [2.75, 3.05) is 5.32 Å². The molecule has 36 heavy (non-hydrogen) atoms. The SMILES string of the molecule is Cc1ccc(C#CC(O)(C(=O)Nc2ccc3c(=O)onc(C)c3c2)c2ccc(C(C)(C)C)cc2)cc1. The van der Waals surface area contributed by atoms with Crippen molar-refractivity contribution in [3.8, 4) is 11.8 Å². The summed E-state index contributed by atoms with van der Waals surface area (Å²) in [5.74, 6) is 5.03. The number of aliphatic hydroxyl groups is 1. The zero-order valence-corrected chi connectivity index (χ0v) is 21.0. The predicted molar refractivity (Wildman–Crippen MR) is 141 cm³/mol. The first-order chi connectivity index (χ1) is 17.0. The van der Waals surface area contributed by atoms with Crippen molar-refractivity contribution < 1.29 is 14.4 Å². The molecule has 0 saturated carbocycles. The number of hydrogen-bond acceptors (Lipinski definition) is 5. The zero-order valence-electron chi connectivity index (χ0n) is 21.0. The van der Waals surface area contributed by atoms with Gasteiger partial charge in [-0.2, -0.15) is 0 Å². The summed E-state index contributed by atoms with van der Waals surface area (Å²) in [7, 11) is 0. The normalized spacial score (nSPS) is 12.9. The molecule has 0 spiro atoms. The number of benzene rings is 3. The maximum atomic E-state index is 13.5. The van der Waals surface area contributed by atoms with Crippen LogP contribution in [0.1, 0.15) is 48.7 Å². The van der Waals surface area contributed by atoms with Crippen molar-refractivity contribution in [3.05, 3.63) is 105 Å². The summed E-state index contributed by atoms with van der Waals surface area (Å²) in [6, 6.07) is 19.5. The van der Waals surface area contributed by atoms with Gasteiger partial charge in [0.05, 0.1) is 11.1 Å². The van der Waals surface area contributed by atoms with Gasteiger partial charge < -0.3 is 14.9 Å². The predicted octanol–water partition coefficient (Wildman–Crippen LogP) is 4.98. The first-order valence-corrected chi connectivity index (χ1v) is 11.6. The van der Waals surface area contributed by atoms with Gasteiger partial charge in [0.2, 0.25) is 5.60 Å². The number of aromatic nitrogens is 1. The van der Waals surface area contributed by atoms with Gasteiger partial charge in [-0.3, -0.25) is 4.79 Å². The Morgan fingerprint density at radius 2 is 1.56 bits per heavy atom. The van der Waals surface area contributed by atoms with Crippen molar-refractivity contribution >= 4 is 22.4 Å². The molecule has 1 aromatic heterocycles. The molecule has 1 atom stereocenters. The van der Waals surface area contributed by atoms with Crippen molar-refractivity contribution in [2.24, 2.45) is 0 Å². The average molecular weight is 481 g/mol. The van der Waals surface area contributed by atoms with E-state index in [1.54, 1.807) is 37.3 Å². The van der Waals surface area contributed by atoms with Crippen LogP contribution >= 0.6 is 0 Å². The minimum atomic E-state index is -2.13. The zero-order chi connectivity index (χ0) is 26.1. The molecule has 6 nitrogen and oxygen atoms in total. The largest absolute Gasteiger partial charge is 0.366 e. The second-order valence-electron chi connectivity index (χ2n) is 9.92. The van der Waals surface area contributed by atoms with Crippen LogP contribution in [0.15, 0.2) is 76.0 Å². The number of rotatable bonds is 3. The fourth-order valence-corrected chi connectivity index (χ4v) is 3.80. The summed E-state index contributed by atoms with van der Waals surface area (Å²) >= 11 is 0. The van der Waals surface area contributed by atoms with E-state index >= 15 is 0 Å². The highest BCUT2D eigenvalue weighted by molar-refractivity contribution is 6.01. The van der Waals surface area contributed by atoms with Gasteiger partial charge in [-0.1, -0.05) is 73.8 Å². The number of aryl methyl sites for hydroxylation is 2. The molecule has 3 aromatic carbocycles. The Bertz CT molecular complexity index is 1550. The molecular weight excluding hydrogens is 452 g/mol. The number of hydrogen-bond donors (Lipinski definition) is 2. The number of anilines is 1. The van der Waals surface area contributed by atoms with Crippen LogP contribution in [0.2, 0.25) is 0 Å². The van der Waals surface area contributed by atoms with Crippen LogP contribution in [0.3, 0.4) is 0 Å². The maximum absolute atomic E-state index is 13.5. The molecular formula is C30H28N2O4. The van der Waals surface area contributed by atoms with Crippen LogP contribution < -0.4 is 10.9 Å². The highest BCUT2D eigenvalue weighted by Gasteiger charge is 2.37. The van der Waals surface area contributed by atoms with E-state index in [0.29, 0.717) is 33.3 Å². The van der Waals surface area contributed by atoms with E-state index in [0.717, 1.165) is 11.1 Å². The van der Waals surface area contributed by atoms with Crippen molar-refractivity contribution in [1.82, 2.24) is 5.16 Å². The fraction of sp³-hybridized carbons (Fsp3) is 0.233. The van der Waals surface area contributed by atoms with Crippen LogP contribution in [0, 0.1) is 25.7 Å². The monoisotopic (exact) mass is 480 g/mol. The number of fused-ring (bicyclic) bond motifs is 1. The van der Waals surface area contributed by atoms with E-state index in [1.807, 2.05) is 43.3 Å². The Balaban J connectivity index is 1.75. The highest BCUT2D eigenvalue weighted by Crippen LogP contribution is 2.28. The minimum absolute atomic E-state index is 0.0871. The number of carbonyl (C=O) groups is 1. The Kier molecular flexibility index (Phi) is 6.53. The van der Waals surface area contributed by atoms with Gasteiger partial charge in [0.15, 0.2) is 0 Å². The first-order valence-electron chi connectivity index (χ1n) is 11.6. The standard InChI is InChI=1S/C30H28N2O4/c1-19-6-8-21(9-7-19)16-17-30(35,23-12-10-22(11-13-23)29(3,4)5)28(34)31-24-14-15-25-26(18-24)20(2)32-36-27(25)33/h6-15,18,35H,1-5H3,(H,31,34). The Labute approximate surface area is 210 Å². The number of carbonyl (C=O) groups excluding carboxylic acids is 1. The molecule has 0 saturated heterocycles. The second kappa shape index (κ2) is 9.44.